The Morgan fingerprint density at radius 2 is 2.06 bits per heavy atom. The van der Waals surface area contributed by atoms with Crippen molar-refractivity contribution in [2.45, 2.75) is 0 Å². The summed E-state index contributed by atoms with van der Waals surface area (Å²) in [4.78, 5) is 12.6. The average Bonchev–Trinajstić information content (AvgIpc) is 2.77. The van der Waals surface area contributed by atoms with E-state index < -0.39 is 0 Å². The van der Waals surface area contributed by atoms with E-state index in [1.54, 1.807) is 25.3 Å². The first-order chi connectivity index (χ1) is 8.20. The minimum atomic E-state index is -0.134. The number of hydrogen-bond acceptors (Lipinski definition) is 3. The van der Waals surface area contributed by atoms with Gasteiger partial charge in [-0.15, -0.1) is 11.3 Å². The van der Waals surface area contributed by atoms with Crippen molar-refractivity contribution in [3.05, 3.63) is 45.1 Å². The molecule has 0 saturated carbocycles. The quantitative estimate of drug-likeness (QED) is 0.937. The van der Waals surface area contributed by atoms with Crippen molar-refractivity contribution in [2.75, 3.05) is 12.4 Å². The van der Waals surface area contributed by atoms with Gasteiger partial charge in [-0.05, 0) is 40.2 Å². The molecule has 1 heterocycles. The van der Waals surface area contributed by atoms with Crippen LogP contribution in [0.25, 0.3) is 0 Å². The lowest BCUT2D eigenvalue weighted by molar-refractivity contribution is 0.103. The van der Waals surface area contributed by atoms with Crippen molar-refractivity contribution < 1.29 is 9.53 Å². The summed E-state index contributed by atoms with van der Waals surface area (Å²) in [5, 5.41) is 2.82. The SMILES string of the molecule is COc1ccccc1NC(=O)c1ccc(Br)s1. The van der Waals surface area contributed by atoms with Crippen LogP contribution in [0, 0.1) is 0 Å². The second-order valence-corrected chi connectivity index (χ2v) is 5.72. The van der Waals surface area contributed by atoms with E-state index in [1.807, 2.05) is 18.2 Å². The number of carbonyl (C=O) groups excluding carboxylic acids is 1. The number of rotatable bonds is 3. The molecular weight excluding hydrogens is 302 g/mol. The molecule has 0 fully saturated rings. The number of nitrogens with one attached hydrogen (secondary N) is 1. The lowest BCUT2D eigenvalue weighted by Crippen LogP contribution is -2.10. The number of amides is 1. The predicted octanol–water partition coefficient (Wildman–Crippen LogP) is 3.77. The number of para-hydroxylation sites is 2. The van der Waals surface area contributed by atoms with Gasteiger partial charge >= 0.3 is 0 Å². The second kappa shape index (κ2) is 5.33. The van der Waals surface area contributed by atoms with Crippen LogP contribution in [-0.4, -0.2) is 13.0 Å². The van der Waals surface area contributed by atoms with E-state index in [0.29, 0.717) is 16.3 Å². The van der Waals surface area contributed by atoms with Crippen molar-refractivity contribution in [3.8, 4) is 5.75 Å². The molecule has 0 saturated heterocycles. The Morgan fingerprint density at radius 3 is 2.71 bits per heavy atom. The number of ether oxygens (including phenoxy) is 1. The van der Waals surface area contributed by atoms with E-state index in [2.05, 4.69) is 21.2 Å². The topological polar surface area (TPSA) is 38.3 Å². The van der Waals surface area contributed by atoms with Gasteiger partial charge in [0, 0.05) is 0 Å². The highest BCUT2D eigenvalue weighted by molar-refractivity contribution is 9.11. The van der Waals surface area contributed by atoms with Gasteiger partial charge in [-0.1, -0.05) is 12.1 Å². The van der Waals surface area contributed by atoms with E-state index >= 15 is 0 Å². The number of halogens is 1. The Morgan fingerprint density at radius 1 is 1.29 bits per heavy atom. The minimum Gasteiger partial charge on any atom is -0.495 e. The molecule has 0 atom stereocenters. The molecule has 0 aliphatic carbocycles. The molecule has 0 bridgehead atoms. The monoisotopic (exact) mass is 311 g/mol. The molecule has 0 unspecified atom stereocenters. The first-order valence-electron chi connectivity index (χ1n) is 4.90. The third kappa shape index (κ3) is 2.87. The maximum atomic E-state index is 11.9. The van der Waals surface area contributed by atoms with E-state index in [4.69, 9.17) is 4.74 Å². The largest absolute Gasteiger partial charge is 0.495 e. The molecule has 5 heteroatoms. The fourth-order valence-corrected chi connectivity index (χ4v) is 2.65. The molecule has 3 nitrogen and oxygen atoms in total. The highest BCUT2D eigenvalue weighted by Gasteiger charge is 2.10. The van der Waals surface area contributed by atoms with Gasteiger partial charge in [-0.2, -0.15) is 0 Å². The van der Waals surface area contributed by atoms with Gasteiger partial charge in [-0.25, -0.2) is 0 Å². The Hall–Kier alpha value is -1.33. The molecule has 0 aliphatic rings. The van der Waals surface area contributed by atoms with Gasteiger partial charge in [0.25, 0.3) is 5.91 Å². The summed E-state index contributed by atoms with van der Waals surface area (Å²) >= 11 is 4.72. The van der Waals surface area contributed by atoms with Crippen LogP contribution in [0.1, 0.15) is 9.67 Å². The Kier molecular flexibility index (Phi) is 3.81. The fraction of sp³-hybridized carbons (Fsp3) is 0.0833. The van der Waals surface area contributed by atoms with Crippen LogP contribution in [-0.2, 0) is 0 Å². The van der Waals surface area contributed by atoms with Crippen LogP contribution >= 0.6 is 27.3 Å². The van der Waals surface area contributed by atoms with Crippen LogP contribution in [0.3, 0.4) is 0 Å². The Balaban J connectivity index is 2.18. The van der Waals surface area contributed by atoms with Gasteiger partial charge in [0.05, 0.1) is 21.5 Å². The third-order valence-corrected chi connectivity index (χ3v) is 3.77. The number of hydrogen-bond donors (Lipinski definition) is 1. The Bertz CT molecular complexity index is 539. The molecule has 88 valence electrons. The highest BCUT2D eigenvalue weighted by atomic mass is 79.9. The number of benzene rings is 1. The molecule has 1 aromatic carbocycles. The van der Waals surface area contributed by atoms with Gasteiger partial charge in [0.15, 0.2) is 0 Å². The lowest BCUT2D eigenvalue weighted by atomic mass is 10.3. The van der Waals surface area contributed by atoms with E-state index in [1.165, 1.54) is 11.3 Å². The highest BCUT2D eigenvalue weighted by Crippen LogP contribution is 2.26. The van der Waals surface area contributed by atoms with Crippen molar-refractivity contribution in [1.29, 1.82) is 0 Å². The molecule has 1 amide bonds. The van der Waals surface area contributed by atoms with E-state index in [-0.39, 0.29) is 5.91 Å². The third-order valence-electron chi connectivity index (χ3n) is 2.15. The normalized spacial score (nSPS) is 10.0. The van der Waals surface area contributed by atoms with Gasteiger partial charge in [0.1, 0.15) is 5.75 Å². The van der Waals surface area contributed by atoms with Crippen molar-refractivity contribution in [2.24, 2.45) is 0 Å². The van der Waals surface area contributed by atoms with Crippen LogP contribution in [0.4, 0.5) is 5.69 Å². The maximum absolute atomic E-state index is 11.9. The molecule has 0 aliphatic heterocycles. The van der Waals surface area contributed by atoms with Crippen LogP contribution in [0.2, 0.25) is 0 Å². The summed E-state index contributed by atoms with van der Waals surface area (Å²) in [6.45, 7) is 0. The van der Waals surface area contributed by atoms with Gasteiger partial charge in [-0.3, -0.25) is 4.79 Å². The summed E-state index contributed by atoms with van der Waals surface area (Å²) in [5.74, 6) is 0.515. The van der Waals surface area contributed by atoms with Crippen molar-refractivity contribution >= 4 is 38.9 Å². The summed E-state index contributed by atoms with van der Waals surface area (Å²) in [6, 6.07) is 10.9. The molecule has 1 aromatic heterocycles. The zero-order chi connectivity index (χ0) is 12.3. The van der Waals surface area contributed by atoms with Crippen molar-refractivity contribution in [3.63, 3.8) is 0 Å². The van der Waals surface area contributed by atoms with Crippen LogP contribution in [0.15, 0.2) is 40.2 Å². The molecule has 0 spiro atoms. The molecule has 2 aromatic rings. The standard InChI is InChI=1S/C12H10BrNO2S/c1-16-9-5-3-2-4-8(9)14-12(15)10-6-7-11(13)17-10/h2-7H,1H3,(H,14,15). The van der Waals surface area contributed by atoms with Gasteiger partial charge < -0.3 is 10.1 Å². The number of anilines is 1. The summed E-state index contributed by atoms with van der Waals surface area (Å²) in [7, 11) is 1.58. The summed E-state index contributed by atoms with van der Waals surface area (Å²) in [5.41, 5.74) is 0.671. The van der Waals surface area contributed by atoms with E-state index in [0.717, 1.165) is 3.79 Å². The second-order valence-electron chi connectivity index (χ2n) is 3.26. The number of methoxy groups -OCH3 is 1. The molecular formula is C12H10BrNO2S. The smallest absolute Gasteiger partial charge is 0.265 e. The summed E-state index contributed by atoms with van der Waals surface area (Å²) in [6.07, 6.45) is 0. The van der Waals surface area contributed by atoms with Gasteiger partial charge in [0.2, 0.25) is 0 Å². The minimum absolute atomic E-state index is 0.134. The predicted molar refractivity (Wildman–Crippen MR) is 73.0 cm³/mol. The maximum Gasteiger partial charge on any atom is 0.265 e. The average molecular weight is 312 g/mol. The van der Waals surface area contributed by atoms with E-state index in [9.17, 15) is 4.79 Å². The van der Waals surface area contributed by atoms with Crippen LogP contribution in [0.5, 0.6) is 5.75 Å². The number of carbonyl (C=O) groups is 1. The first-order valence-corrected chi connectivity index (χ1v) is 6.51. The zero-order valence-corrected chi connectivity index (χ0v) is 11.5. The van der Waals surface area contributed by atoms with Crippen molar-refractivity contribution in [1.82, 2.24) is 0 Å². The number of thiophene rings is 1. The molecule has 0 radical (unpaired) electrons. The fourth-order valence-electron chi connectivity index (χ4n) is 1.37. The van der Waals surface area contributed by atoms with Crippen LogP contribution < -0.4 is 10.1 Å². The molecule has 1 N–H and O–H groups in total. The lowest BCUT2D eigenvalue weighted by Gasteiger charge is -2.08. The first kappa shape index (κ1) is 12.1. The summed E-state index contributed by atoms with van der Waals surface area (Å²) < 4.78 is 6.10. The molecule has 17 heavy (non-hydrogen) atoms. The Labute approximate surface area is 112 Å². The zero-order valence-electron chi connectivity index (χ0n) is 9.07. The molecule has 2 rings (SSSR count).